The minimum atomic E-state index is -0.358. The molecule has 0 aliphatic rings. The molecule has 146 valence electrons. The third-order valence-electron chi connectivity index (χ3n) is 4.34. The van der Waals surface area contributed by atoms with Crippen LogP contribution in [-0.2, 0) is 5.75 Å². The van der Waals surface area contributed by atoms with Gasteiger partial charge in [-0.1, -0.05) is 59.8 Å². The topological polar surface area (TPSA) is 39.9 Å². The molecule has 4 nitrogen and oxygen atoms in total. The number of benzene rings is 3. The highest BCUT2D eigenvalue weighted by Gasteiger charge is 2.20. The van der Waals surface area contributed by atoms with E-state index in [1.165, 1.54) is 17.8 Å². The highest BCUT2D eigenvalue weighted by Crippen LogP contribution is 2.33. The first-order chi connectivity index (χ1) is 14.2. The summed E-state index contributed by atoms with van der Waals surface area (Å²) in [6, 6.07) is 21.7. The first kappa shape index (κ1) is 19.5. The maximum absolute atomic E-state index is 14.7. The van der Waals surface area contributed by atoms with Gasteiger partial charge in [-0.2, -0.15) is 0 Å². The van der Waals surface area contributed by atoms with Gasteiger partial charge in [-0.05, 0) is 42.0 Å². The second kappa shape index (κ2) is 8.68. The molecule has 4 rings (SSSR count). The summed E-state index contributed by atoms with van der Waals surface area (Å²) < 4.78 is 21.6. The Hall–Kier alpha value is -2.83. The molecule has 0 N–H and O–H groups in total. The fourth-order valence-electron chi connectivity index (χ4n) is 2.94. The highest BCUT2D eigenvalue weighted by molar-refractivity contribution is 7.98. The summed E-state index contributed by atoms with van der Waals surface area (Å²) in [4.78, 5) is 0. The number of ether oxygens (including phenoxy) is 1. The summed E-state index contributed by atoms with van der Waals surface area (Å²) in [5.41, 5.74) is 2.13. The van der Waals surface area contributed by atoms with Crippen LogP contribution in [0.4, 0.5) is 4.39 Å². The minimum Gasteiger partial charge on any atom is -0.497 e. The monoisotopic (exact) mass is 425 g/mol. The van der Waals surface area contributed by atoms with Crippen LogP contribution in [0.2, 0.25) is 5.02 Å². The molecule has 0 amide bonds. The van der Waals surface area contributed by atoms with E-state index in [1.807, 2.05) is 42.5 Å². The van der Waals surface area contributed by atoms with E-state index in [9.17, 15) is 4.39 Å². The van der Waals surface area contributed by atoms with Crippen LogP contribution in [0, 0.1) is 5.82 Å². The number of thioether (sulfide) groups is 1. The molecule has 29 heavy (non-hydrogen) atoms. The van der Waals surface area contributed by atoms with E-state index in [4.69, 9.17) is 16.3 Å². The lowest BCUT2D eigenvalue weighted by atomic mass is 10.2. The van der Waals surface area contributed by atoms with Crippen LogP contribution >= 0.6 is 23.4 Å². The normalized spacial score (nSPS) is 10.9. The van der Waals surface area contributed by atoms with Gasteiger partial charge in [0.05, 0.1) is 17.8 Å². The van der Waals surface area contributed by atoms with E-state index in [0.29, 0.717) is 33.0 Å². The van der Waals surface area contributed by atoms with Crippen molar-refractivity contribution in [1.82, 2.24) is 14.8 Å². The van der Waals surface area contributed by atoms with E-state index in [1.54, 1.807) is 35.9 Å². The molecule has 7 heteroatoms. The molecule has 0 unspecified atom stereocenters. The standard InChI is InChI=1S/C22H17ClFN3OS/c1-28-16-8-6-7-15(13-16)14-29-22-26-25-21(17-9-2-3-10-18(17)23)27(22)20-12-5-4-11-19(20)24/h2-13H,14H2,1H3. The first-order valence-corrected chi connectivity index (χ1v) is 10.2. The summed E-state index contributed by atoms with van der Waals surface area (Å²) in [5.74, 6) is 1.56. The van der Waals surface area contributed by atoms with Crippen molar-refractivity contribution in [3.63, 3.8) is 0 Å². The van der Waals surface area contributed by atoms with Gasteiger partial charge in [0.15, 0.2) is 11.0 Å². The zero-order chi connectivity index (χ0) is 20.2. The van der Waals surface area contributed by atoms with Gasteiger partial charge in [-0.15, -0.1) is 10.2 Å². The van der Waals surface area contributed by atoms with Gasteiger partial charge in [0.2, 0.25) is 0 Å². The van der Waals surface area contributed by atoms with Crippen molar-refractivity contribution >= 4 is 23.4 Å². The maximum atomic E-state index is 14.7. The smallest absolute Gasteiger partial charge is 0.196 e. The Kier molecular flexibility index (Phi) is 5.83. The summed E-state index contributed by atoms with van der Waals surface area (Å²) >= 11 is 7.85. The second-order valence-corrected chi connectivity index (χ2v) is 7.56. The predicted molar refractivity (Wildman–Crippen MR) is 114 cm³/mol. The number of para-hydroxylation sites is 1. The molecule has 0 aliphatic heterocycles. The van der Waals surface area contributed by atoms with Crippen molar-refractivity contribution in [1.29, 1.82) is 0 Å². The average Bonchev–Trinajstić information content (AvgIpc) is 3.16. The zero-order valence-corrected chi connectivity index (χ0v) is 17.1. The SMILES string of the molecule is COc1cccc(CSc2nnc(-c3ccccc3Cl)n2-c2ccccc2F)c1. The number of nitrogens with zero attached hydrogens (tertiary/aromatic N) is 3. The van der Waals surface area contributed by atoms with Crippen molar-refractivity contribution in [2.75, 3.05) is 7.11 Å². The number of rotatable bonds is 6. The fourth-order valence-corrected chi connectivity index (χ4v) is 4.05. The summed E-state index contributed by atoms with van der Waals surface area (Å²) in [6.07, 6.45) is 0. The lowest BCUT2D eigenvalue weighted by Gasteiger charge is -2.12. The van der Waals surface area contributed by atoms with Crippen LogP contribution in [0.15, 0.2) is 78.0 Å². The number of hydrogen-bond donors (Lipinski definition) is 0. The van der Waals surface area contributed by atoms with Crippen molar-refractivity contribution in [3.8, 4) is 22.8 Å². The molecular weight excluding hydrogens is 409 g/mol. The molecule has 3 aromatic carbocycles. The number of halogens is 2. The Balaban J connectivity index is 1.76. The average molecular weight is 426 g/mol. The molecule has 0 atom stereocenters. The van der Waals surface area contributed by atoms with Crippen molar-refractivity contribution in [3.05, 3.63) is 89.2 Å². The number of hydrogen-bond acceptors (Lipinski definition) is 4. The molecule has 1 heterocycles. The Bertz CT molecular complexity index is 1150. The predicted octanol–water partition coefficient (Wildman–Crippen LogP) is 6.03. The Morgan fingerprint density at radius 2 is 1.79 bits per heavy atom. The third-order valence-corrected chi connectivity index (χ3v) is 5.67. The van der Waals surface area contributed by atoms with Gasteiger partial charge in [0, 0.05) is 11.3 Å². The molecular formula is C22H17ClFN3OS. The largest absolute Gasteiger partial charge is 0.497 e. The van der Waals surface area contributed by atoms with Gasteiger partial charge in [-0.25, -0.2) is 4.39 Å². The van der Waals surface area contributed by atoms with Gasteiger partial charge in [0.1, 0.15) is 11.6 Å². The van der Waals surface area contributed by atoms with Crippen LogP contribution in [0.25, 0.3) is 17.1 Å². The van der Waals surface area contributed by atoms with Crippen molar-refractivity contribution < 1.29 is 9.13 Å². The molecule has 0 aliphatic carbocycles. The Morgan fingerprint density at radius 1 is 1.00 bits per heavy atom. The summed E-state index contributed by atoms with van der Waals surface area (Å²) in [7, 11) is 1.64. The second-order valence-electron chi connectivity index (χ2n) is 6.21. The van der Waals surface area contributed by atoms with Gasteiger partial charge < -0.3 is 4.74 Å². The molecule has 1 aromatic heterocycles. The van der Waals surface area contributed by atoms with E-state index < -0.39 is 0 Å². The van der Waals surface area contributed by atoms with Crippen molar-refractivity contribution in [2.45, 2.75) is 10.9 Å². The number of methoxy groups -OCH3 is 1. The van der Waals surface area contributed by atoms with Crippen LogP contribution in [-0.4, -0.2) is 21.9 Å². The fraction of sp³-hybridized carbons (Fsp3) is 0.0909. The lowest BCUT2D eigenvalue weighted by Crippen LogP contribution is -2.02. The third kappa shape index (κ3) is 4.13. The highest BCUT2D eigenvalue weighted by atomic mass is 35.5. The van der Waals surface area contributed by atoms with Crippen LogP contribution in [0.5, 0.6) is 5.75 Å². The lowest BCUT2D eigenvalue weighted by molar-refractivity contribution is 0.414. The molecule has 0 spiro atoms. The molecule has 4 aromatic rings. The van der Waals surface area contributed by atoms with Gasteiger partial charge in [0.25, 0.3) is 0 Å². The molecule has 0 bridgehead atoms. The summed E-state index contributed by atoms with van der Waals surface area (Å²) in [6.45, 7) is 0. The molecule has 0 radical (unpaired) electrons. The van der Waals surface area contributed by atoms with E-state index in [0.717, 1.165) is 11.3 Å². The van der Waals surface area contributed by atoms with Gasteiger partial charge in [-0.3, -0.25) is 4.57 Å². The zero-order valence-electron chi connectivity index (χ0n) is 15.5. The van der Waals surface area contributed by atoms with E-state index in [-0.39, 0.29) is 5.82 Å². The summed E-state index contributed by atoms with van der Waals surface area (Å²) in [5, 5.41) is 9.76. The van der Waals surface area contributed by atoms with Crippen molar-refractivity contribution in [2.24, 2.45) is 0 Å². The molecule has 0 fully saturated rings. The van der Waals surface area contributed by atoms with Gasteiger partial charge >= 0.3 is 0 Å². The molecule has 0 saturated carbocycles. The van der Waals surface area contributed by atoms with E-state index in [2.05, 4.69) is 10.2 Å². The van der Waals surface area contributed by atoms with Crippen LogP contribution < -0.4 is 4.74 Å². The van der Waals surface area contributed by atoms with Crippen LogP contribution in [0.3, 0.4) is 0 Å². The van der Waals surface area contributed by atoms with Crippen LogP contribution in [0.1, 0.15) is 5.56 Å². The maximum Gasteiger partial charge on any atom is 0.196 e. The minimum absolute atomic E-state index is 0.358. The first-order valence-electron chi connectivity index (χ1n) is 8.88. The Labute approximate surface area is 177 Å². The Morgan fingerprint density at radius 3 is 2.59 bits per heavy atom. The quantitative estimate of drug-likeness (QED) is 0.354. The van der Waals surface area contributed by atoms with E-state index >= 15 is 0 Å². The molecule has 0 saturated heterocycles. The number of aromatic nitrogens is 3.